The van der Waals surface area contributed by atoms with Crippen molar-refractivity contribution in [3.8, 4) is 0 Å². The van der Waals surface area contributed by atoms with Gasteiger partial charge in [0.2, 0.25) is 0 Å². The summed E-state index contributed by atoms with van der Waals surface area (Å²) in [6.07, 6.45) is 1.81. The minimum atomic E-state index is -0.973. The summed E-state index contributed by atoms with van der Waals surface area (Å²) >= 11 is 3.23. The highest BCUT2D eigenvalue weighted by molar-refractivity contribution is 9.10. The molecule has 1 N–H and O–H groups in total. The van der Waals surface area contributed by atoms with Crippen LogP contribution in [0.5, 0.6) is 0 Å². The predicted molar refractivity (Wildman–Crippen MR) is 82.1 cm³/mol. The van der Waals surface area contributed by atoms with Crippen molar-refractivity contribution in [3.63, 3.8) is 0 Å². The highest BCUT2D eigenvalue weighted by atomic mass is 79.9. The largest absolute Gasteiger partial charge is 0.478 e. The molecular weight excluding hydrogens is 337 g/mol. The van der Waals surface area contributed by atoms with E-state index in [1.54, 1.807) is 18.2 Å². The Bertz CT molecular complexity index is 841. The number of carboxylic acid groups (broad SMARTS) is 1. The van der Waals surface area contributed by atoms with Gasteiger partial charge >= 0.3 is 5.97 Å². The van der Waals surface area contributed by atoms with Crippen LogP contribution in [0.3, 0.4) is 0 Å². The maximum Gasteiger partial charge on any atom is 0.337 e. The fourth-order valence-corrected chi connectivity index (χ4v) is 2.81. The van der Waals surface area contributed by atoms with Gasteiger partial charge in [-0.05, 0) is 39.7 Å². The molecule has 5 heteroatoms. The van der Waals surface area contributed by atoms with E-state index in [0.29, 0.717) is 16.5 Å². The average molecular weight is 348 g/mol. The molecule has 0 aliphatic heterocycles. The van der Waals surface area contributed by atoms with Crippen molar-refractivity contribution in [3.05, 3.63) is 70.1 Å². The summed E-state index contributed by atoms with van der Waals surface area (Å²) < 4.78 is 15.8. The normalized spacial score (nSPS) is 11.0. The van der Waals surface area contributed by atoms with Gasteiger partial charge in [0.15, 0.2) is 0 Å². The van der Waals surface area contributed by atoms with Gasteiger partial charge in [-0.25, -0.2) is 9.18 Å². The van der Waals surface area contributed by atoms with Crippen molar-refractivity contribution >= 4 is 32.8 Å². The molecule has 1 heterocycles. The van der Waals surface area contributed by atoms with Crippen molar-refractivity contribution in [1.29, 1.82) is 0 Å². The van der Waals surface area contributed by atoms with Crippen LogP contribution in [-0.2, 0) is 6.54 Å². The molecule has 0 saturated carbocycles. The van der Waals surface area contributed by atoms with E-state index in [0.717, 1.165) is 10.9 Å². The van der Waals surface area contributed by atoms with E-state index in [1.165, 1.54) is 6.07 Å². The molecule has 0 fully saturated rings. The third kappa shape index (κ3) is 2.45. The molecule has 2 aromatic carbocycles. The van der Waals surface area contributed by atoms with Gasteiger partial charge in [0.05, 0.1) is 15.6 Å². The highest BCUT2D eigenvalue weighted by Gasteiger charge is 2.13. The molecule has 3 rings (SSSR count). The van der Waals surface area contributed by atoms with Crippen molar-refractivity contribution < 1.29 is 14.3 Å². The summed E-state index contributed by atoms with van der Waals surface area (Å²) in [5.74, 6) is -1.30. The maximum absolute atomic E-state index is 13.6. The fourth-order valence-electron chi connectivity index (χ4n) is 2.42. The number of para-hydroxylation sites is 1. The lowest BCUT2D eigenvalue weighted by Crippen LogP contribution is -2.05. The van der Waals surface area contributed by atoms with Crippen molar-refractivity contribution in [2.75, 3.05) is 0 Å². The molecule has 0 saturated heterocycles. The molecule has 0 unspecified atom stereocenters. The number of aromatic carboxylic acids is 1. The zero-order chi connectivity index (χ0) is 15.0. The quantitative estimate of drug-likeness (QED) is 0.767. The minimum Gasteiger partial charge on any atom is -0.478 e. The molecule has 21 heavy (non-hydrogen) atoms. The van der Waals surface area contributed by atoms with E-state index in [1.807, 2.05) is 29.0 Å². The van der Waals surface area contributed by atoms with Crippen molar-refractivity contribution in [2.24, 2.45) is 0 Å². The van der Waals surface area contributed by atoms with Gasteiger partial charge in [-0.15, -0.1) is 0 Å². The molecule has 0 atom stereocenters. The summed E-state index contributed by atoms with van der Waals surface area (Å²) in [5.41, 5.74) is 1.64. The maximum atomic E-state index is 13.6. The molecule has 106 valence electrons. The third-order valence-electron chi connectivity index (χ3n) is 3.39. The minimum absolute atomic E-state index is 0.241. The van der Waals surface area contributed by atoms with Gasteiger partial charge in [-0.3, -0.25) is 0 Å². The number of carbonyl (C=O) groups is 1. The number of rotatable bonds is 3. The van der Waals surface area contributed by atoms with Crippen molar-refractivity contribution in [1.82, 2.24) is 4.57 Å². The number of carboxylic acids is 1. The first-order valence-corrected chi connectivity index (χ1v) is 7.11. The van der Waals surface area contributed by atoms with E-state index in [-0.39, 0.29) is 11.4 Å². The number of fused-ring (bicyclic) bond motifs is 1. The first kappa shape index (κ1) is 13.8. The second kappa shape index (κ2) is 5.33. The number of benzene rings is 2. The van der Waals surface area contributed by atoms with E-state index in [4.69, 9.17) is 0 Å². The molecule has 0 aliphatic carbocycles. The number of nitrogens with zero attached hydrogens (tertiary/aromatic N) is 1. The topological polar surface area (TPSA) is 42.2 Å². The Morgan fingerprint density at radius 1 is 1.19 bits per heavy atom. The van der Waals surface area contributed by atoms with Crippen LogP contribution < -0.4 is 0 Å². The summed E-state index contributed by atoms with van der Waals surface area (Å²) in [6, 6.07) is 11.8. The van der Waals surface area contributed by atoms with Crippen LogP contribution >= 0.6 is 15.9 Å². The molecular formula is C16H11BrFNO2. The second-order valence-electron chi connectivity index (χ2n) is 4.71. The summed E-state index contributed by atoms with van der Waals surface area (Å²) in [4.78, 5) is 11.4. The number of hydrogen-bond acceptors (Lipinski definition) is 1. The Morgan fingerprint density at radius 3 is 2.71 bits per heavy atom. The Hall–Kier alpha value is -2.14. The molecule has 0 aliphatic rings. The zero-order valence-electron chi connectivity index (χ0n) is 10.9. The average Bonchev–Trinajstić information content (AvgIpc) is 2.87. The molecule has 0 radical (unpaired) electrons. The van der Waals surface area contributed by atoms with E-state index in [2.05, 4.69) is 15.9 Å². The lowest BCUT2D eigenvalue weighted by atomic mass is 10.1. The first-order valence-electron chi connectivity index (χ1n) is 6.32. The van der Waals surface area contributed by atoms with Crippen LogP contribution in [0.2, 0.25) is 0 Å². The van der Waals surface area contributed by atoms with Gasteiger partial charge in [0.25, 0.3) is 0 Å². The highest BCUT2D eigenvalue weighted by Crippen LogP contribution is 2.25. The fraction of sp³-hybridized carbons (Fsp3) is 0.0625. The van der Waals surface area contributed by atoms with Crippen LogP contribution in [0.4, 0.5) is 4.39 Å². The predicted octanol–water partition coefficient (Wildman–Crippen LogP) is 4.29. The van der Waals surface area contributed by atoms with Crippen LogP contribution in [0.15, 0.2) is 53.1 Å². The van der Waals surface area contributed by atoms with E-state index >= 15 is 0 Å². The van der Waals surface area contributed by atoms with Crippen molar-refractivity contribution in [2.45, 2.75) is 6.54 Å². The number of hydrogen-bond donors (Lipinski definition) is 1. The third-order valence-corrected chi connectivity index (χ3v) is 4.28. The molecule has 3 aromatic rings. The van der Waals surface area contributed by atoms with Gasteiger partial charge in [0, 0.05) is 18.1 Å². The van der Waals surface area contributed by atoms with Gasteiger partial charge in [0.1, 0.15) is 5.82 Å². The monoisotopic (exact) mass is 347 g/mol. The first-order chi connectivity index (χ1) is 10.1. The van der Waals surface area contributed by atoms with Crippen LogP contribution in [0.25, 0.3) is 10.9 Å². The lowest BCUT2D eigenvalue weighted by Gasteiger charge is -2.10. The Labute approximate surface area is 128 Å². The van der Waals surface area contributed by atoms with Crippen LogP contribution in [-0.4, -0.2) is 15.6 Å². The van der Waals surface area contributed by atoms with E-state index in [9.17, 15) is 14.3 Å². The zero-order valence-corrected chi connectivity index (χ0v) is 12.5. The lowest BCUT2D eigenvalue weighted by molar-refractivity contribution is 0.0698. The Kier molecular flexibility index (Phi) is 3.51. The molecule has 0 amide bonds. The van der Waals surface area contributed by atoms with Crippen LogP contribution in [0.1, 0.15) is 15.9 Å². The molecule has 1 aromatic heterocycles. The molecule has 3 nitrogen and oxygen atoms in total. The van der Waals surface area contributed by atoms with Gasteiger partial charge in [-0.2, -0.15) is 0 Å². The Balaban J connectivity index is 2.13. The summed E-state index contributed by atoms with van der Waals surface area (Å²) in [6.45, 7) is 0.395. The smallest absolute Gasteiger partial charge is 0.337 e. The van der Waals surface area contributed by atoms with Gasteiger partial charge in [-0.1, -0.05) is 24.3 Å². The second-order valence-corrected chi connectivity index (χ2v) is 5.50. The van der Waals surface area contributed by atoms with E-state index < -0.39 is 5.97 Å². The SMILES string of the molecule is O=C(O)c1cccc2ccn(Cc3cccc(F)c3Br)c12. The standard InChI is InChI=1S/C16H11BrFNO2/c17-14-11(4-2-6-13(14)18)9-19-8-7-10-3-1-5-12(15(10)19)16(20)21/h1-8H,9H2,(H,20,21). The summed E-state index contributed by atoms with van der Waals surface area (Å²) in [5, 5.41) is 10.2. The van der Waals surface area contributed by atoms with Crippen LogP contribution in [0, 0.1) is 5.82 Å². The Morgan fingerprint density at radius 2 is 1.95 bits per heavy atom. The van der Waals surface area contributed by atoms with Gasteiger partial charge < -0.3 is 9.67 Å². The summed E-state index contributed by atoms with van der Waals surface area (Å²) in [7, 11) is 0. The number of halogens is 2. The molecule has 0 spiro atoms. The molecule has 0 bridgehead atoms. The number of aromatic nitrogens is 1.